The molecular formula is C22H26N6. The summed E-state index contributed by atoms with van der Waals surface area (Å²) in [5.41, 5.74) is 6.49. The molecule has 144 valence electrons. The second-order valence-corrected chi connectivity index (χ2v) is 8.34. The van der Waals surface area contributed by atoms with Crippen molar-refractivity contribution in [2.75, 3.05) is 0 Å². The van der Waals surface area contributed by atoms with E-state index in [0.717, 1.165) is 18.7 Å². The van der Waals surface area contributed by atoms with E-state index in [0.29, 0.717) is 23.6 Å². The molecule has 2 aliphatic carbocycles. The maximum Gasteiger partial charge on any atom is 0.225 e. The van der Waals surface area contributed by atoms with Crippen molar-refractivity contribution in [1.29, 1.82) is 0 Å². The number of H-pyrrole nitrogens is 1. The fraction of sp³-hybridized carbons (Fsp3) is 0.455. The fourth-order valence-corrected chi connectivity index (χ4v) is 5.12. The summed E-state index contributed by atoms with van der Waals surface area (Å²) in [4.78, 5) is 0. The Bertz CT molecular complexity index is 984. The molecule has 28 heavy (non-hydrogen) atoms. The van der Waals surface area contributed by atoms with E-state index in [4.69, 9.17) is 5.10 Å². The van der Waals surface area contributed by atoms with Crippen molar-refractivity contribution in [2.24, 2.45) is 11.8 Å². The predicted octanol–water partition coefficient (Wildman–Crippen LogP) is 4.13. The van der Waals surface area contributed by atoms with Crippen molar-refractivity contribution in [2.45, 2.75) is 52.0 Å². The zero-order valence-corrected chi connectivity index (χ0v) is 16.5. The summed E-state index contributed by atoms with van der Waals surface area (Å²) in [6.45, 7) is 5.44. The quantitative estimate of drug-likeness (QED) is 0.682. The number of tetrazole rings is 1. The molecule has 2 heterocycles. The first-order valence-electron chi connectivity index (χ1n) is 10.3. The van der Waals surface area contributed by atoms with Gasteiger partial charge in [0.15, 0.2) is 0 Å². The highest BCUT2D eigenvalue weighted by atomic mass is 15.5. The fourth-order valence-electron chi connectivity index (χ4n) is 5.12. The first-order chi connectivity index (χ1) is 13.7. The summed E-state index contributed by atoms with van der Waals surface area (Å²) < 4.78 is 2.18. The molecule has 1 N–H and O–H groups in total. The van der Waals surface area contributed by atoms with Crippen LogP contribution in [0, 0.1) is 11.8 Å². The molecule has 0 fully saturated rings. The molecule has 0 saturated heterocycles. The number of allylic oxidation sites excluding steroid dienone is 2. The first-order valence-corrected chi connectivity index (χ1v) is 10.3. The van der Waals surface area contributed by atoms with E-state index in [1.165, 1.54) is 36.1 Å². The Kier molecular flexibility index (Phi) is 4.34. The second kappa shape index (κ2) is 7.00. The third-order valence-electron chi connectivity index (χ3n) is 6.28. The van der Waals surface area contributed by atoms with Crippen LogP contribution in [-0.2, 0) is 13.0 Å². The van der Waals surface area contributed by atoms with Crippen molar-refractivity contribution in [3.05, 3.63) is 58.8 Å². The van der Waals surface area contributed by atoms with Gasteiger partial charge in [0.25, 0.3) is 0 Å². The smallest absolute Gasteiger partial charge is 0.225 e. The molecule has 1 aromatic carbocycles. The molecule has 0 amide bonds. The Morgan fingerprint density at radius 2 is 2.07 bits per heavy atom. The van der Waals surface area contributed by atoms with Crippen molar-refractivity contribution in [3.63, 3.8) is 0 Å². The van der Waals surface area contributed by atoms with Crippen LogP contribution in [-0.4, -0.2) is 30.4 Å². The number of nitrogens with zero attached hydrogens (tertiary/aromatic N) is 5. The van der Waals surface area contributed by atoms with Crippen LogP contribution in [0.4, 0.5) is 0 Å². The first kappa shape index (κ1) is 17.3. The number of aromatic nitrogens is 6. The number of fused-ring (bicyclic) bond motifs is 1. The van der Waals surface area contributed by atoms with Gasteiger partial charge in [0.2, 0.25) is 5.82 Å². The Morgan fingerprint density at radius 1 is 1.21 bits per heavy atom. The standard InChI is InChI=1S/C22H26N6/c1-14(2)19-17(16-10-6-7-11-16)12-18-20(19)21(22-23-26-27-24-22)25-28(18)13-15-8-4-3-5-9-15/h3-5,8-10,14,17,19H,6-7,11-13H2,1-2H3,(H,23,24,26,27). The predicted molar refractivity (Wildman–Crippen MR) is 108 cm³/mol. The van der Waals surface area contributed by atoms with Crippen LogP contribution in [0.3, 0.4) is 0 Å². The highest BCUT2D eigenvalue weighted by molar-refractivity contribution is 5.60. The minimum absolute atomic E-state index is 0.456. The van der Waals surface area contributed by atoms with E-state index in [1.54, 1.807) is 5.57 Å². The van der Waals surface area contributed by atoms with Crippen molar-refractivity contribution in [3.8, 4) is 11.5 Å². The number of aromatic amines is 1. The monoisotopic (exact) mass is 374 g/mol. The van der Waals surface area contributed by atoms with Crippen LogP contribution in [0.25, 0.3) is 11.5 Å². The van der Waals surface area contributed by atoms with Gasteiger partial charge in [-0.3, -0.25) is 4.68 Å². The molecule has 2 unspecified atom stereocenters. The molecule has 0 spiro atoms. The molecule has 2 aliphatic rings. The van der Waals surface area contributed by atoms with Gasteiger partial charge >= 0.3 is 0 Å². The molecule has 2 aromatic heterocycles. The van der Waals surface area contributed by atoms with Gasteiger partial charge in [0, 0.05) is 11.3 Å². The van der Waals surface area contributed by atoms with E-state index in [-0.39, 0.29) is 0 Å². The Balaban J connectivity index is 1.62. The van der Waals surface area contributed by atoms with Gasteiger partial charge in [-0.25, -0.2) is 0 Å². The van der Waals surface area contributed by atoms with Gasteiger partial charge in [-0.05, 0) is 54.2 Å². The molecule has 5 rings (SSSR count). The maximum absolute atomic E-state index is 4.98. The van der Waals surface area contributed by atoms with Crippen molar-refractivity contribution >= 4 is 0 Å². The van der Waals surface area contributed by atoms with Gasteiger partial charge in [-0.1, -0.05) is 55.8 Å². The molecule has 0 saturated carbocycles. The maximum atomic E-state index is 4.98. The molecule has 0 radical (unpaired) electrons. The number of benzene rings is 1. The van der Waals surface area contributed by atoms with Crippen molar-refractivity contribution < 1.29 is 0 Å². The number of nitrogens with one attached hydrogen (secondary N) is 1. The van der Waals surface area contributed by atoms with E-state index in [1.807, 2.05) is 0 Å². The minimum atomic E-state index is 0.456. The van der Waals surface area contributed by atoms with Crippen LogP contribution < -0.4 is 0 Å². The molecule has 0 bridgehead atoms. The Hall–Kier alpha value is -2.76. The molecular weight excluding hydrogens is 348 g/mol. The highest BCUT2D eigenvalue weighted by Crippen LogP contribution is 2.50. The average molecular weight is 374 g/mol. The second-order valence-electron chi connectivity index (χ2n) is 8.34. The number of hydrogen-bond acceptors (Lipinski definition) is 4. The summed E-state index contributed by atoms with van der Waals surface area (Å²) in [5.74, 6) is 2.17. The third kappa shape index (κ3) is 2.87. The van der Waals surface area contributed by atoms with Gasteiger partial charge in [0.05, 0.1) is 6.54 Å². The zero-order valence-electron chi connectivity index (χ0n) is 16.5. The third-order valence-corrected chi connectivity index (χ3v) is 6.28. The zero-order chi connectivity index (χ0) is 19.1. The van der Waals surface area contributed by atoms with Gasteiger partial charge < -0.3 is 0 Å². The van der Waals surface area contributed by atoms with Gasteiger partial charge in [-0.15, -0.1) is 10.2 Å². The number of hydrogen-bond donors (Lipinski definition) is 1. The highest BCUT2D eigenvalue weighted by Gasteiger charge is 2.42. The molecule has 2 atom stereocenters. The van der Waals surface area contributed by atoms with E-state index in [2.05, 4.69) is 75.6 Å². The lowest BCUT2D eigenvalue weighted by atomic mass is 9.78. The van der Waals surface area contributed by atoms with Crippen LogP contribution in [0.2, 0.25) is 0 Å². The van der Waals surface area contributed by atoms with E-state index < -0.39 is 0 Å². The summed E-state index contributed by atoms with van der Waals surface area (Å²) in [5, 5.41) is 19.9. The Morgan fingerprint density at radius 3 is 2.75 bits per heavy atom. The Labute approximate surface area is 165 Å². The number of rotatable bonds is 5. The lowest BCUT2D eigenvalue weighted by Gasteiger charge is -2.25. The summed E-state index contributed by atoms with van der Waals surface area (Å²) in [7, 11) is 0. The van der Waals surface area contributed by atoms with Gasteiger partial charge in [0.1, 0.15) is 5.69 Å². The topological polar surface area (TPSA) is 72.3 Å². The molecule has 6 heteroatoms. The van der Waals surface area contributed by atoms with E-state index >= 15 is 0 Å². The average Bonchev–Trinajstić information content (AvgIpc) is 3.47. The molecule has 0 aliphatic heterocycles. The normalized spacial score (nSPS) is 21.3. The van der Waals surface area contributed by atoms with Crippen LogP contribution in [0.15, 0.2) is 42.0 Å². The SMILES string of the molecule is CC(C)C1c2c(-c3nn[nH]n3)nn(Cc3ccccc3)c2CC1C1=CCCC1. The minimum Gasteiger partial charge on any atom is -0.264 e. The summed E-state index contributed by atoms with van der Waals surface area (Å²) >= 11 is 0. The summed E-state index contributed by atoms with van der Waals surface area (Å²) in [6, 6.07) is 10.5. The lowest BCUT2D eigenvalue weighted by Crippen LogP contribution is -2.17. The largest absolute Gasteiger partial charge is 0.264 e. The lowest BCUT2D eigenvalue weighted by molar-refractivity contribution is 0.400. The van der Waals surface area contributed by atoms with Crippen LogP contribution in [0.1, 0.15) is 55.8 Å². The van der Waals surface area contributed by atoms with Crippen LogP contribution in [0.5, 0.6) is 0 Å². The summed E-state index contributed by atoms with van der Waals surface area (Å²) in [6.07, 6.45) is 7.29. The van der Waals surface area contributed by atoms with Gasteiger partial charge in [-0.2, -0.15) is 10.3 Å². The van der Waals surface area contributed by atoms with E-state index in [9.17, 15) is 0 Å². The molecule has 3 aromatic rings. The van der Waals surface area contributed by atoms with Crippen LogP contribution >= 0.6 is 0 Å². The molecule has 6 nitrogen and oxygen atoms in total. The van der Waals surface area contributed by atoms with Crippen molar-refractivity contribution in [1.82, 2.24) is 30.4 Å².